The molecule has 0 fully saturated rings. The lowest BCUT2D eigenvalue weighted by Gasteiger charge is -2.08. The smallest absolute Gasteiger partial charge is 0.279 e. The fourth-order valence-electron chi connectivity index (χ4n) is 1.89. The fraction of sp³-hybridized carbons (Fsp3) is 0.250. The minimum atomic E-state index is -0.426. The number of carbonyl (C=O) groups is 2. The maximum absolute atomic E-state index is 12.0. The molecule has 2 aromatic rings. The Hall–Kier alpha value is -1.86. The first-order valence-electron chi connectivity index (χ1n) is 7.06. The molecule has 5 nitrogen and oxygen atoms in total. The third kappa shape index (κ3) is 5.07. The van der Waals surface area contributed by atoms with Crippen molar-refractivity contribution in [2.75, 3.05) is 6.61 Å². The molecule has 2 N–H and O–H groups in total. The van der Waals surface area contributed by atoms with Crippen molar-refractivity contribution in [3.05, 3.63) is 50.1 Å². The Morgan fingerprint density at radius 1 is 1.22 bits per heavy atom. The van der Waals surface area contributed by atoms with Gasteiger partial charge in [-0.1, -0.05) is 22.9 Å². The molecule has 0 saturated heterocycles. The van der Waals surface area contributed by atoms with Crippen molar-refractivity contribution in [3.8, 4) is 5.75 Å². The van der Waals surface area contributed by atoms with Gasteiger partial charge < -0.3 is 4.74 Å². The zero-order valence-electron chi connectivity index (χ0n) is 12.8. The maximum Gasteiger partial charge on any atom is 0.279 e. The summed E-state index contributed by atoms with van der Waals surface area (Å²) in [6.45, 7) is 3.84. The molecule has 0 aliphatic carbocycles. The van der Waals surface area contributed by atoms with E-state index in [1.807, 2.05) is 32.0 Å². The Morgan fingerprint density at radius 2 is 1.91 bits per heavy atom. The van der Waals surface area contributed by atoms with Gasteiger partial charge in [-0.25, -0.2) is 0 Å². The number of hydrogen-bond acceptors (Lipinski definition) is 4. The van der Waals surface area contributed by atoms with Gasteiger partial charge in [0.25, 0.3) is 11.8 Å². The van der Waals surface area contributed by atoms with Crippen LogP contribution in [-0.4, -0.2) is 18.4 Å². The Kier molecular flexibility index (Phi) is 6.18. The number of thiophene rings is 1. The Balaban J connectivity index is 1.79. The Bertz CT molecular complexity index is 698. The van der Waals surface area contributed by atoms with E-state index >= 15 is 0 Å². The van der Waals surface area contributed by atoms with Crippen LogP contribution in [0.3, 0.4) is 0 Å². The SMILES string of the molecule is CCc1sc(C(=O)NNC(=O)COc2ccc(Br)cc2)cc1C. The minimum Gasteiger partial charge on any atom is -0.484 e. The number of amides is 2. The van der Waals surface area contributed by atoms with Crippen molar-refractivity contribution in [2.45, 2.75) is 20.3 Å². The van der Waals surface area contributed by atoms with Crippen LogP contribution in [0.1, 0.15) is 27.0 Å². The van der Waals surface area contributed by atoms with Gasteiger partial charge in [-0.05, 0) is 49.2 Å². The van der Waals surface area contributed by atoms with Crippen LogP contribution >= 0.6 is 27.3 Å². The topological polar surface area (TPSA) is 67.4 Å². The number of halogens is 1. The minimum absolute atomic E-state index is 0.175. The highest BCUT2D eigenvalue weighted by Gasteiger charge is 2.12. The van der Waals surface area contributed by atoms with Gasteiger partial charge in [0.1, 0.15) is 5.75 Å². The first-order chi connectivity index (χ1) is 11.0. The van der Waals surface area contributed by atoms with E-state index in [2.05, 4.69) is 26.8 Å². The van der Waals surface area contributed by atoms with Crippen LogP contribution in [0, 0.1) is 6.92 Å². The molecule has 0 aliphatic rings. The summed E-state index contributed by atoms with van der Waals surface area (Å²) in [7, 11) is 0. The van der Waals surface area contributed by atoms with Gasteiger partial charge in [-0.15, -0.1) is 11.3 Å². The molecule has 0 aliphatic heterocycles. The van der Waals surface area contributed by atoms with Crippen molar-refractivity contribution in [2.24, 2.45) is 0 Å². The van der Waals surface area contributed by atoms with Gasteiger partial charge in [0.05, 0.1) is 4.88 Å². The molecule has 2 amide bonds. The van der Waals surface area contributed by atoms with E-state index in [1.54, 1.807) is 12.1 Å². The summed E-state index contributed by atoms with van der Waals surface area (Å²) in [4.78, 5) is 25.4. The molecule has 2 rings (SSSR count). The van der Waals surface area contributed by atoms with E-state index in [1.165, 1.54) is 16.2 Å². The van der Waals surface area contributed by atoms with Crippen LogP contribution in [0.4, 0.5) is 0 Å². The van der Waals surface area contributed by atoms with E-state index < -0.39 is 5.91 Å². The number of rotatable bonds is 5. The average Bonchev–Trinajstić information content (AvgIpc) is 2.93. The van der Waals surface area contributed by atoms with Crippen molar-refractivity contribution >= 4 is 39.1 Å². The zero-order valence-corrected chi connectivity index (χ0v) is 15.2. The summed E-state index contributed by atoms with van der Waals surface area (Å²) in [5.74, 6) is -0.170. The van der Waals surface area contributed by atoms with Gasteiger partial charge >= 0.3 is 0 Å². The number of nitrogens with one attached hydrogen (secondary N) is 2. The van der Waals surface area contributed by atoms with E-state index in [4.69, 9.17) is 4.74 Å². The second kappa shape index (κ2) is 8.12. The molecule has 1 aromatic heterocycles. The second-order valence-corrected chi connectivity index (χ2v) is 6.87. The van der Waals surface area contributed by atoms with Crippen molar-refractivity contribution in [3.63, 3.8) is 0 Å². The van der Waals surface area contributed by atoms with E-state index in [0.29, 0.717) is 10.6 Å². The molecular weight excluding hydrogens is 380 g/mol. The highest BCUT2D eigenvalue weighted by molar-refractivity contribution is 9.10. The summed E-state index contributed by atoms with van der Waals surface area (Å²) in [5.41, 5.74) is 5.83. The normalized spacial score (nSPS) is 10.2. The first-order valence-corrected chi connectivity index (χ1v) is 8.67. The molecule has 122 valence electrons. The monoisotopic (exact) mass is 396 g/mol. The van der Waals surface area contributed by atoms with Gasteiger partial charge in [-0.3, -0.25) is 20.4 Å². The maximum atomic E-state index is 12.0. The predicted octanol–water partition coefficient (Wildman–Crippen LogP) is 3.22. The predicted molar refractivity (Wildman–Crippen MR) is 93.7 cm³/mol. The van der Waals surface area contributed by atoms with Gasteiger partial charge in [0.2, 0.25) is 0 Å². The molecule has 0 saturated carbocycles. The van der Waals surface area contributed by atoms with Crippen LogP contribution in [-0.2, 0) is 11.2 Å². The zero-order chi connectivity index (χ0) is 16.8. The number of carbonyl (C=O) groups excluding carboxylic acids is 2. The van der Waals surface area contributed by atoms with Crippen molar-refractivity contribution < 1.29 is 14.3 Å². The lowest BCUT2D eigenvalue weighted by atomic mass is 10.2. The molecule has 0 atom stereocenters. The number of ether oxygens (including phenoxy) is 1. The van der Waals surface area contributed by atoms with Crippen LogP contribution in [0.2, 0.25) is 0 Å². The lowest BCUT2D eigenvalue weighted by Crippen LogP contribution is -2.43. The summed E-state index contributed by atoms with van der Waals surface area (Å²) in [6, 6.07) is 8.95. The summed E-state index contributed by atoms with van der Waals surface area (Å²) >= 11 is 4.75. The third-order valence-corrected chi connectivity index (χ3v) is 4.97. The van der Waals surface area contributed by atoms with Crippen LogP contribution < -0.4 is 15.6 Å². The summed E-state index contributed by atoms with van der Waals surface area (Å²) in [6.07, 6.45) is 0.886. The first kappa shape index (κ1) is 17.5. The molecule has 1 heterocycles. The number of hydrazine groups is 1. The van der Waals surface area contributed by atoms with E-state index in [-0.39, 0.29) is 12.5 Å². The van der Waals surface area contributed by atoms with Crippen LogP contribution in [0.15, 0.2) is 34.8 Å². The third-order valence-electron chi connectivity index (χ3n) is 3.06. The highest BCUT2D eigenvalue weighted by atomic mass is 79.9. The molecular formula is C16H17BrN2O3S. The quantitative estimate of drug-likeness (QED) is 0.762. The van der Waals surface area contributed by atoms with Gasteiger partial charge in [-0.2, -0.15) is 0 Å². The van der Waals surface area contributed by atoms with Crippen molar-refractivity contribution in [1.82, 2.24) is 10.9 Å². The van der Waals surface area contributed by atoms with Gasteiger partial charge in [0, 0.05) is 9.35 Å². The molecule has 0 spiro atoms. The Labute approximate surface area is 147 Å². The number of benzene rings is 1. The van der Waals surface area contributed by atoms with E-state index in [0.717, 1.165) is 16.5 Å². The van der Waals surface area contributed by atoms with Crippen LogP contribution in [0.5, 0.6) is 5.75 Å². The standard InChI is InChI=1S/C16H17BrN2O3S/c1-3-13-10(2)8-14(23-13)16(21)19-18-15(20)9-22-12-6-4-11(17)5-7-12/h4-8H,3,9H2,1-2H3,(H,18,20)(H,19,21). The summed E-state index contributed by atoms with van der Waals surface area (Å²) in [5, 5.41) is 0. The number of hydrogen-bond donors (Lipinski definition) is 2. The van der Waals surface area contributed by atoms with Crippen LogP contribution in [0.25, 0.3) is 0 Å². The molecule has 0 bridgehead atoms. The molecule has 0 radical (unpaired) electrons. The fourth-order valence-corrected chi connectivity index (χ4v) is 3.16. The highest BCUT2D eigenvalue weighted by Crippen LogP contribution is 2.22. The largest absolute Gasteiger partial charge is 0.484 e. The molecule has 0 unspecified atom stereocenters. The molecule has 23 heavy (non-hydrogen) atoms. The van der Waals surface area contributed by atoms with Crippen molar-refractivity contribution in [1.29, 1.82) is 0 Å². The Morgan fingerprint density at radius 3 is 2.52 bits per heavy atom. The van der Waals surface area contributed by atoms with E-state index in [9.17, 15) is 9.59 Å². The summed E-state index contributed by atoms with van der Waals surface area (Å²) < 4.78 is 6.25. The second-order valence-electron chi connectivity index (χ2n) is 4.82. The van der Waals surface area contributed by atoms with Gasteiger partial charge in [0.15, 0.2) is 6.61 Å². The molecule has 7 heteroatoms. The molecule has 1 aromatic carbocycles. The number of aryl methyl sites for hydroxylation is 2. The lowest BCUT2D eigenvalue weighted by molar-refractivity contribution is -0.123. The average molecular weight is 397 g/mol.